The molecule has 0 bridgehead atoms. The van der Waals surface area contributed by atoms with Crippen molar-refractivity contribution in [3.63, 3.8) is 0 Å². The van der Waals surface area contributed by atoms with Gasteiger partial charge in [0.15, 0.2) is 0 Å². The van der Waals surface area contributed by atoms with E-state index >= 15 is 0 Å². The average molecular weight is 375 g/mol. The Bertz CT molecular complexity index is 795. The van der Waals surface area contributed by atoms with Gasteiger partial charge in [-0.1, -0.05) is 36.4 Å². The van der Waals surface area contributed by atoms with E-state index in [1.54, 1.807) is 30.3 Å². The zero-order valence-corrected chi connectivity index (χ0v) is 15.9. The Kier molecular flexibility index (Phi) is 7.03. The molecular formula is C19H25N3O3S. The summed E-state index contributed by atoms with van der Waals surface area (Å²) in [6.07, 6.45) is 1.86. The van der Waals surface area contributed by atoms with E-state index in [9.17, 15) is 13.2 Å². The lowest BCUT2D eigenvalue weighted by Gasteiger charge is -2.22. The summed E-state index contributed by atoms with van der Waals surface area (Å²) in [6.45, 7) is 1.05. The number of sulfonamides is 1. The molecule has 6 nitrogen and oxygen atoms in total. The number of benzene rings is 2. The summed E-state index contributed by atoms with van der Waals surface area (Å²) in [4.78, 5) is 14.3. The second-order valence-corrected chi connectivity index (χ2v) is 7.97. The minimum atomic E-state index is -3.53. The van der Waals surface area contributed by atoms with Gasteiger partial charge >= 0.3 is 0 Å². The highest BCUT2D eigenvalue weighted by atomic mass is 32.2. The minimum Gasteiger partial charge on any atom is -0.375 e. The van der Waals surface area contributed by atoms with Crippen molar-refractivity contribution in [2.75, 3.05) is 42.1 Å². The Labute approximate surface area is 155 Å². The Morgan fingerprint density at radius 2 is 1.50 bits per heavy atom. The molecule has 0 heterocycles. The summed E-state index contributed by atoms with van der Waals surface area (Å²) in [5, 5.41) is 2.79. The molecule has 7 heteroatoms. The summed E-state index contributed by atoms with van der Waals surface area (Å²) in [7, 11) is -1.53. The van der Waals surface area contributed by atoms with Crippen LogP contribution in [0, 0.1) is 0 Å². The van der Waals surface area contributed by atoms with Gasteiger partial charge in [0.25, 0.3) is 0 Å². The first-order valence-corrected chi connectivity index (χ1v) is 10.3. The highest BCUT2D eigenvalue weighted by molar-refractivity contribution is 7.92. The second kappa shape index (κ2) is 9.24. The molecule has 0 aliphatic rings. The maximum absolute atomic E-state index is 12.2. The van der Waals surface area contributed by atoms with Gasteiger partial charge in [-0.3, -0.25) is 9.10 Å². The largest absolute Gasteiger partial charge is 0.375 e. The quantitative estimate of drug-likeness (QED) is 0.682. The van der Waals surface area contributed by atoms with Gasteiger partial charge in [0, 0.05) is 25.8 Å². The van der Waals surface area contributed by atoms with E-state index in [1.807, 2.05) is 37.4 Å². The number of carbonyl (C=O) groups is 1. The lowest BCUT2D eigenvalue weighted by atomic mass is 10.3. The van der Waals surface area contributed by atoms with E-state index < -0.39 is 10.0 Å². The molecular weight excluding hydrogens is 350 g/mol. The number of nitrogens with zero attached hydrogens (tertiary/aromatic N) is 2. The number of nitrogens with one attached hydrogen (secondary N) is 1. The lowest BCUT2D eigenvalue weighted by Crippen LogP contribution is -2.41. The van der Waals surface area contributed by atoms with Gasteiger partial charge in [-0.25, -0.2) is 8.42 Å². The maximum atomic E-state index is 12.2. The van der Waals surface area contributed by atoms with Crippen molar-refractivity contribution in [3.05, 3.63) is 60.7 Å². The van der Waals surface area contributed by atoms with E-state index in [2.05, 4.69) is 10.2 Å². The standard InChI is InChI=1S/C19H25N3O3S/c1-21(17-10-5-3-6-11-17)15-9-14-20-19(23)16-22(26(2,24)25)18-12-7-4-8-13-18/h3-8,10-13H,9,14-16H2,1-2H3,(H,20,23). The van der Waals surface area contributed by atoms with Crippen molar-refractivity contribution in [2.24, 2.45) is 0 Å². The van der Waals surface area contributed by atoms with Crippen LogP contribution in [0.3, 0.4) is 0 Å². The number of amides is 1. The summed E-state index contributed by atoms with van der Waals surface area (Å²) in [5.41, 5.74) is 1.60. The van der Waals surface area contributed by atoms with Crippen LogP contribution >= 0.6 is 0 Å². The molecule has 2 aromatic carbocycles. The zero-order chi connectivity index (χ0) is 19.0. The molecule has 2 rings (SSSR count). The molecule has 1 N–H and O–H groups in total. The minimum absolute atomic E-state index is 0.225. The molecule has 0 fully saturated rings. The number of hydrogen-bond acceptors (Lipinski definition) is 4. The van der Waals surface area contributed by atoms with Crippen LogP contribution in [0.1, 0.15) is 6.42 Å². The molecule has 0 saturated heterocycles. The second-order valence-electron chi connectivity index (χ2n) is 6.07. The third-order valence-electron chi connectivity index (χ3n) is 3.92. The SMILES string of the molecule is CN(CCCNC(=O)CN(c1ccccc1)S(C)(=O)=O)c1ccccc1. The summed E-state index contributed by atoms with van der Waals surface area (Å²) in [5.74, 6) is -0.318. The van der Waals surface area contributed by atoms with Gasteiger partial charge in [0.05, 0.1) is 11.9 Å². The van der Waals surface area contributed by atoms with Crippen LogP contribution in [0.25, 0.3) is 0 Å². The number of carbonyl (C=O) groups excluding carboxylic acids is 1. The van der Waals surface area contributed by atoms with E-state index in [0.29, 0.717) is 12.2 Å². The topological polar surface area (TPSA) is 69.7 Å². The predicted molar refractivity (Wildman–Crippen MR) is 106 cm³/mol. The summed E-state index contributed by atoms with van der Waals surface area (Å²) < 4.78 is 25.1. The molecule has 140 valence electrons. The van der Waals surface area contributed by atoms with Crippen molar-refractivity contribution >= 4 is 27.3 Å². The zero-order valence-electron chi connectivity index (χ0n) is 15.1. The molecule has 0 aliphatic carbocycles. The fraction of sp³-hybridized carbons (Fsp3) is 0.316. The van der Waals surface area contributed by atoms with Crippen LogP contribution in [-0.2, 0) is 14.8 Å². The normalized spacial score (nSPS) is 11.0. The van der Waals surface area contributed by atoms with Gasteiger partial charge in [-0.05, 0) is 30.7 Å². The van der Waals surface area contributed by atoms with Gasteiger partial charge in [0.2, 0.25) is 15.9 Å². The number of hydrogen-bond donors (Lipinski definition) is 1. The van der Waals surface area contributed by atoms with E-state index in [0.717, 1.165) is 29.2 Å². The first-order valence-electron chi connectivity index (χ1n) is 8.43. The Balaban J connectivity index is 1.82. The van der Waals surface area contributed by atoms with Crippen LogP contribution in [0.5, 0.6) is 0 Å². The Morgan fingerprint density at radius 1 is 0.962 bits per heavy atom. The van der Waals surface area contributed by atoms with Crippen molar-refractivity contribution < 1.29 is 13.2 Å². The van der Waals surface area contributed by atoms with Gasteiger partial charge in [-0.2, -0.15) is 0 Å². The van der Waals surface area contributed by atoms with Crippen LogP contribution < -0.4 is 14.5 Å². The van der Waals surface area contributed by atoms with Crippen LogP contribution in [0.4, 0.5) is 11.4 Å². The van der Waals surface area contributed by atoms with Crippen molar-refractivity contribution in [3.8, 4) is 0 Å². The number of para-hydroxylation sites is 2. The van der Waals surface area contributed by atoms with Crippen LogP contribution in [0.15, 0.2) is 60.7 Å². The number of anilines is 2. The van der Waals surface area contributed by atoms with Gasteiger partial charge < -0.3 is 10.2 Å². The molecule has 0 spiro atoms. The molecule has 0 unspecified atom stereocenters. The first kappa shape index (κ1) is 19.8. The number of rotatable bonds is 9. The first-order chi connectivity index (χ1) is 12.4. The van der Waals surface area contributed by atoms with E-state index in [4.69, 9.17) is 0 Å². The average Bonchev–Trinajstić information content (AvgIpc) is 2.63. The fourth-order valence-corrected chi connectivity index (χ4v) is 3.39. The summed E-state index contributed by atoms with van der Waals surface area (Å²) in [6, 6.07) is 18.6. The van der Waals surface area contributed by atoms with Gasteiger partial charge in [-0.15, -0.1) is 0 Å². The molecule has 1 amide bonds. The van der Waals surface area contributed by atoms with Crippen molar-refractivity contribution in [2.45, 2.75) is 6.42 Å². The fourth-order valence-electron chi connectivity index (χ4n) is 2.54. The molecule has 0 radical (unpaired) electrons. The van der Waals surface area contributed by atoms with E-state index in [1.165, 1.54) is 0 Å². The third-order valence-corrected chi connectivity index (χ3v) is 5.06. The Hall–Kier alpha value is -2.54. The van der Waals surface area contributed by atoms with Crippen LogP contribution in [-0.4, -0.2) is 47.3 Å². The van der Waals surface area contributed by atoms with Crippen molar-refractivity contribution in [1.82, 2.24) is 5.32 Å². The van der Waals surface area contributed by atoms with Gasteiger partial charge in [0.1, 0.15) is 6.54 Å². The smallest absolute Gasteiger partial charge is 0.240 e. The maximum Gasteiger partial charge on any atom is 0.240 e. The molecule has 0 saturated carbocycles. The highest BCUT2D eigenvalue weighted by Crippen LogP contribution is 2.16. The monoisotopic (exact) mass is 375 g/mol. The third kappa shape index (κ3) is 6.07. The van der Waals surface area contributed by atoms with Crippen LogP contribution in [0.2, 0.25) is 0 Å². The van der Waals surface area contributed by atoms with E-state index in [-0.39, 0.29) is 12.5 Å². The molecule has 0 aromatic heterocycles. The lowest BCUT2D eigenvalue weighted by molar-refractivity contribution is -0.119. The molecule has 0 aliphatic heterocycles. The Morgan fingerprint density at radius 3 is 2.04 bits per heavy atom. The predicted octanol–water partition coefficient (Wildman–Crippen LogP) is 2.10. The summed E-state index contributed by atoms with van der Waals surface area (Å²) >= 11 is 0. The van der Waals surface area contributed by atoms with Crippen molar-refractivity contribution in [1.29, 1.82) is 0 Å². The highest BCUT2D eigenvalue weighted by Gasteiger charge is 2.20. The molecule has 26 heavy (non-hydrogen) atoms. The molecule has 0 atom stereocenters. The molecule has 2 aromatic rings.